The number of carbonyl (C=O) groups excluding carboxylic acids is 1. The Labute approximate surface area is 325 Å². The summed E-state index contributed by atoms with van der Waals surface area (Å²) in [6.07, 6.45) is 7.80. The van der Waals surface area contributed by atoms with Gasteiger partial charge in [-0.1, -0.05) is 124 Å². The molecular weight excluding hydrogens is 823 g/mol. The molecule has 275 valence electrons. The van der Waals surface area contributed by atoms with E-state index >= 15 is 0 Å². The number of rotatable bonds is 11. The molecule has 3 nitrogen and oxygen atoms in total. The van der Waals surface area contributed by atoms with Crippen LogP contribution in [0.1, 0.15) is 113 Å². The molecule has 1 N–H and O–H groups in total. The van der Waals surface area contributed by atoms with Crippen molar-refractivity contribution in [2.45, 2.75) is 114 Å². The number of ketones is 1. The van der Waals surface area contributed by atoms with Gasteiger partial charge in [-0.2, -0.15) is 0 Å². The standard InChI is InChI=1S/C31H30NS.C15H28O2.Ir/c1-20(2)15-24-19-33-29-12-8-11-26(30(24)29)22-13-14-32-28(18-22)23-16-21-9-6-7-10-25(21)27(17-23)31(3,4)5;1-7-14(5,8-2)12(16)11-13(17)15(6,9-3)10-4;/h6-14,17-20H,15H2,1-5H3;11,16H,7-10H2,1-6H3;/q-1;;/b;12-11-;. The Hall–Kier alpha value is -3.11. The largest absolute Gasteiger partial charge is 0.512 e. The van der Waals surface area contributed by atoms with Crippen LogP contribution < -0.4 is 0 Å². The van der Waals surface area contributed by atoms with Crippen molar-refractivity contribution < 1.29 is 30.0 Å². The van der Waals surface area contributed by atoms with E-state index in [2.05, 4.69) is 107 Å². The van der Waals surface area contributed by atoms with Gasteiger partial charge in [0.1, 0.15) is 5.76 Å². The zero-order valence-electron chi connectivity index (χ0n) is 32.7. The Morgan fingerprint density at radius 3 is 2.14 bits per heavy atom. The van der Waals surface area contributed by atoms with Crippen LogP contribution in [0.25, 0.3) is 43.2 Å². The summed E-state index contributed by atoms with van der Waals surface area (Å²) in [4.78, 5) is 17.0. The van der Waals surface area contributed by atoms with Crippen LogP contribution in [0.5, 0.6) is 0 Å². The molecule has 0 saturated heterocycles. The van der Waals surface area contributed by atoms with Crippen molar-refractivity contribution in [2.75, 3.05) is 0 Å². The number of aliphatic hydroxyl groups excluding tert-OH is 1. The van der Waals surface area contributed by atoms with Crippen LogP contribution in [0.2, 0.25) is 0 Å². The van der Waals surface area contributed by atoms with Crippen molar-refractivity contribution in [1.29, 1.82) is 0 Å². The maximum absolute atomic E-state index is 12.2. The van der Waals surface area contributed by atoms with Crippen LogP contribution in [0.15, 0.2) is 84.1 Å². The number of nitrogens with zero attached hydrogens (tertiary/aromatic N) is 1. The van der Waals surface area contributed by atoms with E-state index in [0.29, 0.717) is 5.92 Å². The maximum Gasteiger partial charge on any atom is 0.164 e. The van der Waals surface area contributed by atoms with E-state index in [1.54, 1.807) is 0 Å². The van der Waals surface area contributed by atoms with E-state index in [4.69, 9.17) is 4.98 Å². The fourth-order valence-corrected chi connectivity index (χ4v) is 7.40. The van der Waals surface area contributed by atoms with E-state index < -0.39 is 0 Å². The minimum atomic E-state index is -0.337. The summed E-state index contributed by atoms with van der Waals surface area (Å²) in [7, 11) is 0. The molecule has 0 saturated carbocycles. The molecule has 1 radical (unpaired) electrons. The van der Waals surface area contributed by atoms with E-state index in [1.165, 1.54) is 43.8 Å². The summed E-state index contributed by atoms with van der Waals surface area (Å²) >= 11 is 1.85. The predicted octanol–water partition coefficient (Wildman–Crippen LogP) is 13.7. The zero-order valence-corrected chi connectivity index (χ0v) is 35.9. The van der Waals surface area contributed by atoms with Crippen molar-refractivity contribution in [3.63, 3.8) is 0 Å². The van der Waals surface area contributed by atoms with E-state index in [1.807, 2.05) is 59.1 Å². The van der Waals surface area contributed by atoms with Gasteiger partial charge in [-0.25, -0.2) is 0 Å². The van der Waals surface area contributed by atoms with Crippen molar-refractivity contribution in [1.82, 2.24) is 4.98 Å². The Morgan fingerprint density at radius 1 is 0.882 bits per heavy atom. The molecule has 5 rings (SSSR count). The second kappa shape index (κ2) is 17.6. The number of hydrogen-bond acceptors (Lipinski definition) is 4. The molecule has 5 aromatic rings. The normalized spacial score (nSPS) is 12.5. The van der Waals surface area contributed by atoms with Gasteiger partial charge in [0.15, 0.2) is 5.78 Å². The molecule has 3 aromatic carbocycles. The van der Waals surface area contributed by atoms with E-state index in [9.17, 15) is 9.90 Å². The molecule has 51 heavy (non-hydrogen) atoms. The van der Waals surface area contributed by atoms with Crippen molar-refractivity contribution in [3.05, 3.63) is 101 Å². The van der Waals surface area contributed by atoms with Crippen molar-refractivity contribution in [2.24, 2.45) is 16.7 Å². The molecule has 0 unspecified atom stereocenters. The number of thiophene rings is 1. The molecule has 0 amide bonds. The number of fused-ring (bicyclic) bond motifs is 2. The third-order valence-corrected chi connectivity index (χ3v) is 11.8. The van der Waals surface area contributed by atoms with E-state index in [-0.39, 0.29) is 47.9 Å². The molecule has 0 atom stereocenters. The monoisotopic (exact) mass is 881 g/mol. The minimum absolute atomic E-state index is 0. The van der Waals surface area contributed by atoms with Crippen LogP contribution in [-0.4, -0.2) is 15.9 Å². The molecule has 0 aliphatic rings. The second-order valence-electron chi connectivity index (χ2n) is 15.8. The summed E-state index contributed by atoms with van der Waals surface area (Å²) in [5, 5.41) is 16.3. The summed E-state index contributed by atoms with van der Waals surface area (Å²) in [6.45, 7) is 23.5. The maximum atomic E-state index is 12.2. The van der Waals surface area contributed by atoms with Crippen molar-refractivity contribution in [3.8, 4) is 22.4 Å². The zero-order chi connectivity index (χ0) is 36.9. The van der Waals surface area contributed by atoms with Gasteiger partial charge in [-0.05, 0) is 77.6 Å². The molecule has 2 heterocycles. The van der Waals surface area contributed by atoms with Gasteiger partial charge in [0.05, 0.1) is 0 Å². The van der Waals surface area contributed by atoms with Gasteiger partial charge in [0, 0.05) is 59.0 Å². The van der Waals surface area contributed by atoms with Gasteiger partial charge < -0.3 is 5.11 Å². The quantitative estimate of drug-likeness (QED) is 0.0817. The van der Waals surface area contributed by atoms with Gasteiger partial charge >= 0.3 is 0 Å². The average molecular weight is 881 g/mol. The smallest absolute Gasteiger partial charge is 0.164 e. The first-order chi connectivity index (χ1) is 23.6. The second-order valence-corrected chi connectivity index (χ2v) is 16.7. The number of allylic oxidation sites excluding steroid dienone is 2. The Bertz CT molecular complexity index is 1950. The van der Waals surface area contributed by atoms with Crippen LogP contribution in [0, 0.1) is 22.8 Å². The fraction of sp³-hybridized carbons (Fsp3) is 0.435. The number of hydrogen-bond donors (Lipinski definition) is 1. The van der Waals surface area contributed by atoms with Gasteiger partial charge in [-0.3, -0.25) is 9.78 Å². The predicted molar refractivity (Wildman–Crippen MR) is 217 cm³/mol. The molecule has 0 spiro atoms. The number of aromatic nitrogens is 1. The van der Waals surface area contributed by atoms with Gasteiger partial charge in [0.2, 0.25) is 0 Å². The minimum Gasteiger partial charge on any atom is -0.512 e. The number of pyridine rings is 1. The molecule has 0 fully saturated rings. The molecule has 0 aliphatic carbocycles. The Balaban J connectivity index is 0.000000335. The molecule has 2 aromatic heterocycles. The first-order valence-corrected chi connectivity index (χ1v) is 19.4. The summed E-state index contributed by atoms with van der Waals surface area (Å²) in [6, 6.07) is 25.5. The topological polar surface area (TPSA) is 50.2 Å². The fourth-order valence-electron chi connectivity index (χ4n) is 6.40. The van der Waals surface area contributed by atoms with Crippen molar-refractivity contribution >= 4 is 38.0 Å². The Kier molecular flexibility index (Phi) is 14.6. The Morgan fingerprint density at radius 2 is 1.53 bits per heavy atom. The third-order valence-electron chi connectivity index (χ3n) is 10.8. The summed E-state index contributed by atoms with van der Waals surface area (Å²) in [5.41, 5.74) is 6.76. The summed E-state index contributed by atoms with van der Waals surface area (Å²) < 4.78 is 1.36. The third kappa shape index (κ3) is 9.66. The van der Waals surface area contributed by atoms with Crippen LogP contribution >= 0.6 is 11.3 Å². The number of aliphatic hydroxyl groups is 1. The van der Waals surface area contributed by atoms with Crippen LogP contribution in [0.3, 0.4) is 0 Å². The molecule has 0 aliphatic heterocycles. The number of benzene rings is 3. The molecular formula is C46H58IrNO2S-. The van der Waals surface area contributed by atoms with Crippen LogP contribution in [0.4, 0.5) is 0 Å². The SMILES string of the molecule is CC(C)Cc1csc2cccc(-c3ccnc(-c4[c-]c5ccccc5c(C(C)(C)C)c4)c3)c12.CCC(C)(CC)C(=O)/C=C(\O)C(C)(CC)CC.[Ir]. The first-order valence-electron chi connectivity index (χ1n) is 18.5. The molecule has 0 bridgehead atoms. The first kappa shape index (κ1) is 42.3. The van der Waals surface area contributed by atoms with Gasteiger partial charge in [0.25, 0.3) is 0 Å². The van der Waals surface area contributed by atoms with E-state index in [0.717, 1.165) is 48.7 Å². The summed E-state index contributed by atoms with van der Waals surface area (Å²) in [5.74, 6) is 0.917. The van der Waals surface area contributed by atoms with Gasteiger partial charge in [-0.15, -0.1) is 40.5 Å². The molecule has 5 heteroatoms. The average Bonchev–Trinajstić information content (AvgIpc) is 3.52. The van der Waals surface area contributed by atoms with Crippen LogP contribution in [-0.2, 0) is 36.7 Å². The number of carbonyl (C=O) groups is 1.